The molecule has 0 bridgehead atoms. The van der Waals surface area contributed by atoms with E-state index in [1.807, 2.05) is 31.2 Å². The number of aryl methyl sites for hydroxylation is 1. The van der Waals surface area contributed by atoms with Gasteiger partial charge in [0.25, 0.3) is 0 Å². The lowest BCUT2D eigenvalue weighted by molar-refractivity contribution is -0.137. The molecular weight excluding hydrogens is 367 g/mol. The molecule has 1 atom stereocenters. The predicted molar refractivity (Wildman–Crippen MR) is 98.6 cm³/mol. The number of halogens is 3. The molecule has 2 aromatic carbocycles. The van der Waals surface area contributed by atoms with Gasteiger partial charge in [0.05, 0.1) is 11.5 Å². The van der Waals surface area contributed by atoms with Crippen LogP contribution in [0.15, 0.2) is 52.9 Å². The van der Waals surface area contributed by atoms with Crippen LogP contribution in [0.2, 0.25) is 0 Å². The topological polar surface area (TPSA) is 42.2 Å². The highest BCUT2D eigenvalue weighted by Crippen LogP contribution is 2.31. The van der Waals surface area contributed by atoms with Gasteiger partial charge < -0.3 is 4.42 Å². The predicted octanol–water partition coefficient (Wildman–Crippen LogP) is 5.05. The van der Waals surface area contributed by atoms with Gasteiger partial charge >= 0.3 is 6.18 Å². The maximum Gasteiger partial charge on any atom is 0.416 e. The number of rotatable bonds is 4. The Hall–Kier alpha value is -2.67. The standard InChI is InChI=1S/C21H20F3N3O/c1-14-2-6-16(7-3-14)19-25-26-20(28-19)17-10-11-27(13-17)12-15-4-8-18(9-5-15)21(22,23)24/h2-9,17H,10-13H2,1H3. The molecule has 1 saturated heterocycles. The smallest absolute Gasteiger partial charge is 0.416 e. The van der Waals surface area contributed by atoms with Crippen molar-refractivity contribution < 1.29 is 17.6 Å². The van der Waals surface area contributed by atoms with Gasteiger partial charge in [-0.1, -0.05) is 29.8 Å². The van der Waals surface area contributed by atoms with Crippen LogP contribution < -0.4 is 0 Å². The van der Waals surface area contributed by atoms with Gasteiger partial charge in [0.15, 0.2) is 0 Å². The molecule has 28 heavy (non-hydrogen) atoms. The second-order valence-corrected chi connectivity index (χ2v) is 7.23. The van der Waals surface area contributed by atoms with Crippen molar-refractivity contribution in [2.45, 2.75) is 32.0 Å². The quantitative estimate of drug-likeness (QED) is 0.628. The van der Waals surface area contributed by atoms with Gasteiger partial charge in [0, 0.05) is 18.7 Å². The lowest BCUT2D eigenvalue weighted by Crippen LogP contribution is -2.20. The van der Waals surface area contributed by atoms with Crippen molar-refractivity contribution in [3.8, 4) is 11.5 Å². The molecule has 0 N–H and O–H groups in total. The molecule has 3 aromatic rings. The zero-order valence-electron chi connectivity index (χ0n) is 15.4. The molecule has 1 aliphatic heterocycles. The first-order valence-electron chi connectivity index (χ1n) is 9.17. The molecule has 4 nitrogen and oxygen atoms in total. The van der Waals surface area contributed by atoms with Crippen LogP contribution >= 0.6 is 0 Å². The Balaban J connectivity index is 1.38. The maximum absolute atomic E-state index is 12.7. The summed E-state index contributed by atoms with van der Waals surface area (Å²) in [5, 5.41) is 8.37. The van der Waals surface area contributed by atoms with Crippen molar-refractivity contribution in [1.29, 1.82) is 0 Å². The van der Waals surface area contributed by atoms with Crippen LogP contribution in [0.3, 0.4) is 0 Å². The maximum atomic E-state index is 12.7. The van der Waals surface area contributed by atoms with E-state index in [4.69, 9.17) is 4.42 Å². The Kier molecular flexibility index (Phi) is 4.93. The van der Waals surface area contributed by atoms with E-state index in [0.29, 0.717) is 18.3 Å². The van der Waals surface area contributed by atoms with E-state index in [1.54, 1.807) is 12.1 Å². The van der Waals surface area contributed by atoms with Crippen molar-refractivity contribution in [2.75, 3.05) is 13.1 Å². The zero-order chi connectivity index (χ0) is 19.7. The van der Waals surface area contributed by atoms with Gasteiger partial charge in [-0.25, -0.2) is 0 Å². The lowest BCUT2D eigenvalue weighted by atomic mass is 10.1. The minimum absolute atomic E-state index is 0.140. The summed E-state index contributed by atoms with van der Waals surface area (Å²) in [5.41, 5.74) is 2.30. The van der Waals surface area contributed by atoms with Gasteiger partial charge in [-0.05, 0) is 49.7 Å². The van der Waals surface area contributed by atoms with E-state index in [0.717, 1.165) is 48.3 Å². The molecule has 0 radical (unpaired) electrons. The summed E-state index contributed by atoms with van der Waals surface area (Å²) in [5.74, 6) is 1.27. The molecule has 146 valence electrons. The monoisotopic (exact) mass is 387 g/mol. The van der Waals surface area contributed by atoms with Crippen molar-refractivity contribution in [2.24, 2.45) is 0 Å². The van der Waals surface area contributed by atoms with E-state index < -0.39 is 11.7 Å². The highest BCUT2D eigenvalue weighted by molar-refractivity contribution is 5.52. The average Bonchev–Trinajstić information content (AvgIpc) is 3.31. The third-order valence-electron chi connectivity index (χ3n) is 5.05. The number of hydrogen-bond acceptors (Lipinski definition) is 4. The third kappa shape index (κ3) is 4.09. The molecule has 1 fully saturated rings. The zero-order valence-corrected chi connectivity index (χ0v) is 15.4. The van der Waals surface area contributed by atoms with E-state index >= 15 is 0 Å². The number of likely N-dealkylation sites (tertiary alicyclic amines) is 1. The molecule has 0 saturated carbocycles. The molecule has 7 heteroatoms. The molecule has 1 aromatic heterocycles. The Bertz CT molecular complexity index is 933. The van der Waals surface area contributed by atoms with Crippen LogP contribution in [0, 0.1) is 6.92 Å². The van der Waals surface area contributed by atoms with Crippen LogP contribution in [0.5, 0.6) is 0 Å². The Morgan fingerprint density at radius 3 is 2.43 bits per heavy atom. The fraction of sp³-hybridized carbons (Fsp3) is 0.333. The molecule has 0 spiro atoms. The van der Waals surface area contributed by atoms with Crippen molar-refractivity contribution in [3.63, 3.8) is 0 Å². The molecule has 1 unspecified atom stereocenters. The van der Waals surface area contributed by atoms with Gasteiger partial charge in [0.2, 0.25) is 11.8 Å². The summed E-state index contributed by atoms with van der Waals surface area (Å²) in [6.07, 6.45) is -3.42. The Morgan fingerprint density at radius 1 is 1.04 bits per heavy atom. The van der Waals surface area contributed by atoms with E-state index in [9.17, 15) is 13.2 Å². The number of aromatic nitrogens is 2. The summed E-state index contributed by atoms with van der Waals surface area (Å²) >= 11 is 0. The van der Waals surface area contributed by atoms with Crippen LogP contribution in [0.1, 0.15) is 34.9 Å². The number of benzene rings is 2. The van der Waals surface area contributed by atoms with Gasteiger partial charge in [0.1, 0.15) is 0 Å². The van der Waals surface area contributed by atoms with Crippen molar-refractivity contribution >= 4 is 0 Å². The SMILES string of the molecule is Cc1ccc(-c2nnc(C3CCN(Cc4ccc(C(F)(F)F)cc4)C3)o2)cc1. The van der Waals surface area contributed by atoms with Crippen molar-refractivity contribution in [3.05, 3.63) is 71.1 Å². The van der Waals surface area contributed by atoms with Gasteiger partial charge in [-0.2, -0.15) is 13.2 Å². The van der Waals surface area contributed by atoms with E-state index in [2.05, 4.69) is 15.1 Å². The first-order chi connectivity index (χ1) is 13.4. The summed E-state index contributed by atoms with van der Waals surface area (Å²) in [7, 11) is 0. The number of nitrogens with zero attached hydrogens (tertiary/aromatic N) is 3. The van der Waals surface area contributed by atoms with Crippen LogP contribution in [-0.4, -0.2) is 28.2 Å². The van der Waals surface area contributed by atoms with E-state index in [1.165, 1.54) is 0 Å². The fourth-order valence-electron chi connectivity index (χ4n) is 3.45. The first kappa shape index (κ1) is 18.7. The van der Waals surface area contributed by atoms with Gasteiger partial charge in [-0.3, -0.25) is 4.90 Å². The number of alkyl halides is 3. The second-order valence-electron chi connectivity index (χ2n) is 7.23. The molecule has 0 aliphatic carbocycles. The lowest BCUT2D eigenvalue weighted by Gasteiger charge is -2.16. The molecular formula is C21H20F3N3O. The Labute approximate surface area is 161 Å². The first-order valence-corrected chi connectivity index (χ1v) is 9.17. The summed E-state index contributed by atoms with van der Waals surface area (Å²) < 4.78 is 43.9. The van der Waals surface area contributed by atoms with Crippen LogP contribution in [0.4, 0.5) is 13.2 Å². The molecule has 4 rings (SSSR count). The average molecular weight is 387 g/mol. The number of hydrogen-bond donors (Lipinski definition) is 0. The molecule has 1 aliphatic rings. The highest BCUT2D eigenvalue weighted by Gasteiger charge is 2.31. The Morgan fingerprint density at radius 2 is 1.75 bits per heavy atom. The van der Waals surface area contributed by atoms with Crippen LogP contribution in [-0.2, 0) is 12.7 Å². The summed E-state index contributed by atoms with van der Waals surface area (Å²) in [4.78, 5) is 2.20. The molecule has 0 amide bonds. The van der Waals surface area contributed by atoms with Crippen LogP contribution in [0.25, 0.3) is 11.5 Å². The largest absolute Gasteiger partial charge is 0.420 e. The highest BCUT2D eigenvalue weighted by atomic mass is 19.4. The van der Waals surface area contributed by atoms with Gasteiger partial charge in [-0.15, -0.1) is 10.2 Å². The summed E-state index contributed by atoms with van der Waals surface area (Å²) in [6, 6.07) is 13.3. The minimum Gasteiger partial charge on any atom is -0.420 e. The van der Waals surface area contributed by atoms with Crippen molar-refractivity contribution in [1.82, 2.24) is 15.1 Å². The summed E-state index contributed by atoms with van der Waals surface area (Å²) in [6.45, 7) is 4.21. The molecule has 2 heterocycles. The normalized spacial score (nSPS) is 17.9. The van der Waals surface area contributed by atoms with E-state index in [-0.39, 0.29) is 5.92 Å². The fourth-order valence-corrected chi connectivity index (χ4v) is 3.45. The minimum atomic E-state index is -4.30. The second kappa shape index (κ2) is 7.39. The third-order valence-corrected chi connectivity index (χ3v) is 5.05.